The molecule has 1 rings (SSSR count). The predicted molar refractivity (Wildman–Crippen MR) is 95.1 cm³/mol. The Bertz CT molecular complexity index is 877. The number of H-pyrrole nitrogens is 1. The van der Waals surface area contributed by atoms with Crippen molar-refractivity contribution in [2.45, 2.75) is 24.9 Å². The fourth-order valence-corrected chi connectivity index (χ4v) is 2.11. The zero-order chi connectivity index (χ0) is 22.0. The Balaban J connectivity index is 3.03. The van der Waals surface area contributed by atoms with Crippen LogP contribution in [0.4, 0.5) is 13.2 Å². The van der Waals surface area contributed by atoms with E-state index in [1.165, 1.54) is 18.5 Å². The van der Waals surface area contributed by atoms with Gasteiger partial charge in [0.05, 0.1) is 26.3 Å². The van der Waals surface area contributed by atoms with Crippen molar-refractivity contribution in [2.24, 2.45) is 0 Å². The molecule has 1 amide bonds. The molecule has 160 valence electrons. The van der Waals surface area contributed by atoms with Crippen LogP contribution in [0.1, 0.15) is 5.56 Å². The summed E-state index contributed by atoms with van der Waals surface area (Å²) in [7, 11) is 1.34. The average molecular weight is 419 g/mol. The number of amides is 1. The number of carbonyl (C=O) groups is 1. The third kappa shape index (κ3) is 7.57. The molecule has 2 unspecified atom stereocenters. The van der Waals surface area contributed by atoms with Crippen molar-refractivity contribution in [3.63, 3.8) is 0 Å². The number of nitrogens with one attached hydrogen (secondary N) is 2. The SMILES string of the molecule is C=CCOC(Cn1cc(C#CCNC(=O)C(F)(F)F)c(=O)[nH]c1=O)C(CO)OC. The summed E-state index contributed by atoms with van der Waals surface area (Å²) in [6.07, 6.45) is -4.05. The second-order valence-corrected chi connectivity index (χ2v) is 5.55. The van der Waals surface area contributed by atoms with Crippen molar-refractivity contribution >= 4 is 5.91 Å². The highest BCUT2D eigenvalue weighted by Crippen LogP contribution is 2.13. The van der Waals surface area contributed by atoms with Crippen molar-refractivity contribution in [2.75, 3.05) is 26.9 Å². The molecule has 0 aromatic carbocycles. The molecule has 0 bridgehead atoms. The lowest BCUT2D eigenvalue weighted by molar-refractivity contribution is -0.173. The van der Waals surface area contributed by atoms with Gasteiger partial charge in [0, 0.05) is 13.3 Å². The third-order valence-corrected chi connectivity index (χ3v) is 3.53. The number of hydrogen-bond donors (Lipinski definition) is 3. The van der Waals surface area contributed by atoms with E-state index in [1.807, 2.05) is 4.98 Å². The van der Waals surface area contributed by atoms with Crippen LogP contribution in [0.3, 0.4) is 0 Å². The van der Waals surface area contributed by atoms with Crippen LogP contribution >= 0.6 is 0 Å². The lowest BCUT2D eigenvalue weighted by Gasteiger charge is -2.25. The van der Waals surface area contributed by atoms with Crippen molar-refractivity contribution in [3.8, 4) is 11.8 Å². The number of aliphatic hydroxyl groups excluding tert-OH is 1. The summed E-state index contributed by atoms with van der Waals surface area (Å²) < 4.78 is 47.9. The molecule has 1 aromatic rings. The topological polar surface area (TPSA) is 123 Å². The lowest BCUT2D eigenvalue weighted by atomic mass is 10.2. The van der Waals surface area contributed by atoms with Gasteiger partial charge < -0.3 is 19.9 Å². The lowest BCUT2D eigenvalue weighted by Crippen LogP contribution is -2.41. The first-order chi connectivity index (χ1) is 13.6. The number of hydrogen-bond acceptors (Lipinski definition) is 6. The second-order valence-electron chi connectivity index (χ2n) is 5.55. The van der Waals surface area contributed by atoms with Gasteiger partial charge in [-0.15, -0.1) is 6.58 Å². The Kier molecular flexibility index (Phi) is 9.33. The fourth-order valence-electron chi connectivity index (χ4n) is 2.11. The summed E-state index contributed by atoms with van der Waals surface area (Å²) in [4.78, 5) is 36.6. The van der Waals surface area contributed by atoms with Crippen molar-refractivity contribution in [1.29, 1.82) is 0 Å². The number of rotatable bonds is 9. The summed E-state index contributed by atoms with van der Waals surface area (Å²) in [5.74, 6) is 2.32. The minimum absolute atomic E-state index is 0.105. The standard InChI is InChI=1S/C17H20F3N3O6/c1-3-7-29-12(13(10-24)28-2)9-23-8-11(14(25)22-16(23)27)5-4-6-21-15(26)17(18,19)20/h3,8,12-13,24H,1,6-7,9-10H2,2H3,(H,21,26)(H,22,25,27). The van der Waals surface area contributed by atoms with Gasteiger partial charge in [0.15, 0.2) is 0 Å². The zero-order valence-corrected chi connectivity index (χ0v) is 15.4. The molecular weight excluding hydrogens is 399 g/mol. The van der Waals surface area contributed by atoms with E-state index in [0.717, 1.165) is 10.8 Å². The van der Waals surface area contributed by atoms with E-state index in [9.17, 15) is 32.7 Å². The van der Waals surface area contributed by atoms with Gasteiger partial charge in [0.1, 0.15) is 17.8 Å². The number of carbonyl (C=O) groups excluding carboxylic acids is 1. The van der Waals surface area contributed by atoms with Gasteiger partial charge >= 0.3 is 17.8 Å². The van der Waals surface area contributed by atoms with Gasteiger partial charge in [-0.3, -0.25) is 19.1 Å². The Hall–Kier alpha value is -2.88. The second kappa shape index (κ2) is 11.2. The minimum Gasteiger partial charge on any atom is -0.394 e. The smallest absolute Gasteiger partial charge is 0.394 e. The molecule has 0 saturated heterocycles. The van der Waals surface area contributed by atoms with Crippen LogP contribution in [0.25, 0.3) is 0 Å². The number of nitrogens with zero attached hydrogens (tertiary/aromatic N) is 1. The molecule has 9 nitrogen and oxygen atoms in total. The number of halogens is 3. The Morgan fingerprint density at radius 3 is 2.69 bits per heavy atom. The van der Waals surface area contributed by atoms with E-state index in [0.29, 0.717) is 0 Å². The van der Waals surface area contributed by atoms with E-state index in [4.69, 9.17) is 9.47 Å². The van der Waals surface area contributed by atoms with E-state index < -0.39 is 48.7 Å². The molecule has 3 N–H and O–H groups in total. The third-order valence-electron chi connectivity index (χ3n) is 3.53. The number of aromatic nitrogens is 2. The first-order valence-corrected chi connectivity index (χ1v) is 8.17. The van der Waals surface area contributed by atoms with Gasteiger partial charge in [0.2, 0.25) is 0 Å². The van der Waals surface area contributed by atoms with Gasteiger partial charge in [-0.2, -0.15) is 13.2 Å². The van der Waals surface area contributed by atoms with Crippen LogP contribution in [-0.2, 0) is 20.8 Å². The van der Waals surface area contributed by atoms with Crippen LogP contribution < -0.4 is 16.6 Å². The Labute approximate surface area is 163 Å². The quantitative estimate of drug-likeness (QED) is 0.354. The molecule has 0 aliphatic heterocycles. The molecule has 0 radical (unpaired) electrons. The van der Waals surface area contributed by atoms with E-state index in [-0.39, 0.29) is 18.7 Å². The van der Waals surface area contributed by atoms with E-state index >= 15 is 0 Å². The molecule has 1 aromatic heterocycles. The number of ether oxygens (including phenoxy) is 2. The van der Waals surface area contributed by atoms with Crippen LogP contribution in [0.15, 0.2) is 28.4 Å². The molecule has 1 heterocycles. The molecule has 2 atom stereocenters. The predicted octanol–water partition coefficient (Wildman–Crippen LogP) is -0.855. The van der Waals surface area contributed by atoms with Gasteiger partial charge in [0.25, 0.3) is 5.56 Å². The Morgan fingerprint density at radius 2 is 2.14 bits per heavy atom. The minimum atomic E-state index is -5.04. The normalized spacial score (nSPS) is 13.1. The number of aliphatic hydroxyl groups is 1. The molecule has 0 fully saturated rings. The molecular formula is C17H20F3N3O6. The first kappa shape index (κ1) is 24.2. The molecule has 0 spiro atoms. The van der Waals surface area contributed by atoms with Crippen LogP contribution in [0.2, 0.25) is 0 Å². The highest BCUT2D eigenvalue weighted by atomic mass is 19.4. The van der Waals surface area contributed by atoms with Gasteiger partial charge in [-0.1, -0.05) is 17.9 Å². The van der Waals surface area contributed by atoms with Crippen molar-refractivity contribution in [1.82, 2.24) is 14.9 Å². The molecule has 29 heavy (non-hydrogen) atoms. The van der Waals surface area contributed by atoms with Crippen LogP contribution in [-0.4, -0.2) is 65.8 Å². The summed E-state index contributed by atoms with van der Waals surface area (Å²) in [6, 6.07) is 0. The summed E-state index contributed by atoms with van der Waals surface area (Å²) in [6.45, 7) is 2.43. The monoisotopic (exact) mass is 419 g/mol. The average Bonchev–Trinajstić information content (AvgIpc) is 2.65. The summed E-state index contributed by atoms with van der Waals surface area (Å²) in [5, 5.41) is 10.9. The molecule has 0 saturated carbocycles. The van der Waals surface area contributed by atoms with Gasteiger partial charge in [-0.05, 0) is 0 Å². The largest absolute Gasteiger partial charge is 0.471 e. The maximum atomic E-state index is 12.1. The summed E-state index contributed by atoms with van der Waals surface area (Å²) in [5.41, 5.74) is -1.85. The number of methoxy groups -OCH3 is 1. The van der Waals surface area contributed by atoms with E-state index in [2.05, 4.69) is 18.4 Å². The maximum Gasteiger partial charge on any atom is 0.471 e. The zero-order valence-electron chi connectivity index (χ0n) is 15.4. The van der Waals surface area contributed by atoms with Gasteiger partial charge in [-0.25, -0.2) is 4.79 Å². The van der Waals surface area contributed by atoms with Crippen LogP contribution in [0.5, 0.6) is 0 Å². The Morgan fingerprint density at radius 1 is 1.45 bits per heavy atom. The molecule has 12 heteroatoms. The van der Waals surface area contributed by atoms with Crippen molar-refractivity contribution < 1.29 is 32.5 Å². The highest BCUT2D eigenvalue weighted by Gasteiger charge is 2.38. The van der Waals surface area contributed by atoms with Crippen molar-refractivity contribution in [3.05, 3.63) is 45.3 Å². The van der Waals surface area contributed by atoms with Crippen LogP contribution in [0, 0.1) is 11.8 Å². The highest BCUT2D eigenvalue weighted by molar-refractivity contribution is 5.81. The summed E-state index contributed by atoms with van der Waals surface area (Å²) >= 11 is 0. The maximum absolute atomic E-state index is 12.1. The van der Waals surface area contributed by atoms with E-state index in [1.54, 1.807) is 0 Å². The molecule has 0 aliphatic carbocycles. The number of aromatic amines is 1. The molecule has 0 aliphatic rings. The first-order valence-electron chi connectivity index (χ1n) is 8.17. The fraction of sp³-hybridized carbons (Fsp3) is 0.471. The number of alkyl halides is 3.